The predicted octanol–water partition coefficient (Wildman–Crippen LogP) is 3.30. The minimum atomic E-state index is -0.922. The number of carbonyl (C=O) groups is 2. The summed E-state index contributed by atoms with van der Waals surface area (Å²) in [5.74, 6) is 0.0811. The second-order valence-electron chi connectivity index (χ2n) is 5.69. The molecule has 0 amide bonds. The molecule has 0 saturated carbocycles. The van der Waals surface area contributed by atoms with Gasteiger partial charge in [0.2, 0.25) is 12.6 Å². The van der Waals surface area contributed by atoms with Gasteiger partial charge >= 0.3 is 5.97 Å². The Morgan fingerprint density at radius 3 is 2.60 bits per heavy atom. The Hall–Kier alpha value is -2.89. The molecule has 25 heavy (non-hydrogen) atoms. The lowest BCUT2D eigenvalue weighted by Gasteiger charge is -2.12. The number of esters is 1. The Balaban J connectivity index is 1.51. The zero-order chi connectivity index (χ0) is 17.8. The fourth-order valence-corrected chi connectivity index (χ4v) is 2.50. The van der Waals surface area contributed by atoms with E-state index in [2.05, 4.69) is 0 Å². The maximum Gasteiger partial charge on any atom is 0.306 e. The Bertz CT molecular complexity index is 785. The van der Waals surface area contributed by atoms with Crippen LogP contribution >= 0.6 is 0 Å². The summed E-state index contributed by atoms with van der Waals surface area (Å²) >= 11 is 0. The van der Waals surface area contributed by atoms with Gasteiger partial charge < -0.3 is 14.2 Å². The molecule has 130 valence electrons. The lowest BCUT2D eigenvalue weighted by molar-refractivity contribution is -0.146. The van der Waals surface area contributed by atoms with E-state index < -0.39 is 17.9 Å². The van der Waals surface area contributed by atoms with Crippen molar-refractivity contribution in [3.63, 3.8) is 0 Å². The molecule has 1 unspecified atom stereocenters. The number of Topliss-reactive ketones (excluding diaryl/α,β-unsaturated/α-hetero) is 1. The number of fused-ring (bicyclic) bond motifs is 1. The van der Waals surface area contributed by atoms with E-state index in [1.807, 2.05) is 12.1 Å². The molecule has 0 aliphatic carbocycles. The maximum atomic E-state index is 12.9. The van der Waals surface area contributed by atoms with E-state index in [0.29, 0.717) is 23.5 Å². The fourth-order valence-electron chi connectivity index (χ4n) is 2.50. The number of hydrogen-bond donors (Lipinski definition) is 0. The average molecular weight is 344 g/mol. The normalized spacial score (nSPS) is 13.4. The third kappa shape index (κ3) is 4.15. The van der Waals surface area contributed by atoms with E-state index in [0.717, 1.165) is 5.56 Å². The Morgan fingerprint density at radius 1 is 1.12 bits per heavy atom. The highest BCUT2D eigenvalue weighted by atomic mass is 19.1. The lowest BCUT2D eigenvalue weighted by atomic mass is 10.1. The minimum Gasteiger partial charge on any atom is -0.454 e. The molecule has 2 aromatic carbocycles. The van der Waals surface area contributed by atoms with E-state index in [1.54, 1.807) is 6.07 Å². The summed E-state index contributed by atoms with van der Waals surface area (Å²) in [6.07, 6.45) is -0.317. The van der Waals surface area contributed by atoms with Crippen LogP contribution in [-0.4, -0.2) is 24.6 Å². The first kappa shape index (κ1) is 17.0. The van der Waals surface area contributed by atoms with E-state index in [9.17, 15) is 14.0 Å². The van der Waals surface area contributed by atoms with Crippen molar-refractivity contribution in [1.82, 2.24) is 0 Å². The molecule has 1 atom stereocenters. The van der Waals surface area contributed by atoms with E-state index >= 15 is 0 Å². The molecule has 0 N–H and O–H groups in total. The SMILES string of the molecule is CC(OC(=O)CCc1ccc2c(c1)OCO2)C(=O)c1ccc(F)cc1. The molecule has 0 saturated heterocycles. The second-order valence-corrected chi connectivity index (χ2v) is 5.69. The zero-order valence-electron chi connectivity index (χ0n) is 13.7. The molecule has 2 aromatic rings. The lowest BCUT2D eigenvalue weighted by Crippen LogP contribution is -2.24. The van der Waals surface area contributed by atoms with Crippen molar-refractivity contribution in [1.29, 1.82) is 0 Å². The second kappa shape index (κ2) is 7.34. The highest BCUT2D eigenvalue weighted by Crippen LogP contribution is 2.32. The summed E-state index contributed by atoms with van der Waals surface area (Å²) in [6.45, 7) is 1.70. The van der Waals surface area contributed by atoms with Gasteiger partial charge in [-0.05, 0) is 55.3 Å². The van der Waals surface area contributed by atoms with Crippen molar-refractivity contribution in [3.05, 3.63) is 59.4 Å². The molecule has 1 heterocycles. The first-order chi connectivity index (χ1) is 12.0. The van der Waals surface area contributed by atoms with Crippen LogP contribution in [0, 0.1) is 5.82 Å². The van der Waals surface area contributed by atoms with Gasteiger partial charge in [-0.1, -0.05) is 6.07 Å². The fraction of sp³-hybridized carbons (Fsp3) is 0.263. The van der Waals surface area contributed by atoms with Crippen molar-refractivity contribution in [2.75, 3.05) is 6.79 Å². The Kier molecular flexibility index (Phi) is 4.97. The molecule has 5 nitrogen and oxygen atoms in total. The summed E-state index contributed by atoms with van der Waals surface area (Å²) in [5, 5.41) is 0. The van der Waals surface area contributed by atoms with Gasteiger partial charge in [-0.15, -0.1) is 0 Å². The predicted molar refractivity (Wildman–Crippen MR) is 87.2 cm³/mol. The van der Waals surface area contributed by atoms with Gasteiger partial charge in [-0.25, -0.2) is 4.39 Å². The Labute approximate surface area is 144 Å². The quantitative estimate of drug-likeness (QED) is 0.594. The van der Waals surface area contributed by atoms with Crippen molar-refractivity contribution in [3.8, 4) is 11.5 Å². The van der Waals surface area contributed by atoms with Crippen molar-refractivity contribution >= 4 is 11.8 Å². The van der Waals surface area contributed by atoms with Crippen molar-refractivity contribution in [2.45, 2.75) is 25.9 Å². The van der Waals surface area contributed by atoms with Crippen molar-refractivity contribution < 1.29 is 28.2 Å². The summed E-state index contributed by atoms with van der Waals surface area (Å²) in [5.41, 5.74) is 1.22. The summed E-state index contributed by atoms with van der Waals surface area (Å²) in [7, 11) is 0. The van der Waals surface area contributed by atoms with Crippen LogP contribution in [0.2, 0.25) is 0 Å². The smallest absolute Gasteiger partial charge is 0.306 e. The first-order valence-corrected chi connectivity index (χ1v) is 7.91. The summed E-state index contributed by atoms with van der Waals surface area (Å²) < 4.78 is 28.6. The van der Waals surface area contributed by atoms with Gasteiger partial charge in [0.25, 0.3) is 0 Å². The average Bonchev–Trinajstić information content (AvgIpc) is 3.07. The highest BCUT2D eigenvalue weighted by molar-refractivity contribution is 6.00. The van der Waals surface area contributed by atoms with Gasteiger partial charge in [0, 0.05) is 12.0 Å². The molecule has 0 spiro atoms. The number of hydrogen-bond acceptors (Lipinski definition) is 5. The molecule has 0 fully saturated rings. The van der Waals surface area contributed by atoms with Gasteiger partial charge in [0.05, 0.1) is 0 Å². The van der Waals surface area contributed by atoms with Gasteiger partial charge in [-0.3, -0.25) is 9.59 Å². The molecule has 1 aliphatic heterocycles. The summed E-state index contributed by atoms with van der Waals surface area (Å²) in [4.78, 5) is 24.1. The molecule has 0 aromatic heterocycles. The van der Waals surface area contributed by atoms with Crippen LogP contribution in [0.3, 0.4) is 0 Å². The molecular formula is C19H17FO5. The van der Waals surface area contributed by atoms with Gasteiger partial charge in [0.1, 0.15) is 5.82 Å². The topological polar surface area (TPSA) is 61.8 Å². The number of rotatable bonds is 6. The van der Waals surface area contributed by atoms with E-state index in [4.69, 9.17) is 14.2 Å². The van der Waals surface area contributed by atoms with Crippen LogP contribution in [0.5, 0.6) is 11.5 Å². The summed E-state index contributed by atoms with van der Waals surface area (Å²) in [6, 6.07) is 10.6. The number of ketones is 1. The van der Waals surface area contributed by atoms with E-state index in [-0.39, 0.29) is 19.0 Å². The molecule has 3 rings (SSSR count). The van der Waals surface area contributed by atoms with Crippen LogP contribution in [0.1, 0.15) is 29.3 Å². The molecule has 1 aliphatic rings. The van der Waals surface area contributed by atoms with E-state index in [1.165, 1.54) is 31.2 Å². The molecule has 0 radical (unpaired) electrons. The van der Waals surface area contributed by atoms with Crippen LogP contribution in [-0.2, 0) is 16.0 Å². The van der Waals surface area contributed by atoms with Gasteiger partial charge in [-0.2, -0.15) is 0 Å². The van der Waals surface area contributed by atoms with Crippen LogP contribution < -0.4 is 9.47 Å². The monoisotopic (exact) mass is 344 g/mol. The largest absolute Gasteiger partial charge is 0.454 e. The number of ether oxygens (including phenoxy) is 3. The zero-order valence-corrected chi connectivity index (χ0v) is 13.7. The number of aryl methyl sites for hydroxylation is 1. The molecular weight excluding hydrogens is 327 g/mol. The first-order valence-electron chi connectivity index (χ1n) is 7.91. The number of halogens is 1. The molecule has 0 bridgehead atoms. The third-order valence-electron chi connectivity index (χ3n) is 3.86. The Morgan fingerprint density at radius 2 is 1.84 bits per heavy atom. The van der Waals surface area contributed by atoms with Gasteiger partial charge in [0.15, 0.2) is 17.6 Å². The van der Waals surface area contributed by atoms with Crippen LogP contribution in [0.25, 0.3) is 0 Å². The highest BCUT2D eigenvalue weighted by Gasteiger charge is 2.20. The maximum absolute atomic E-state index is 12.9. The standard InChI is InChI=1S/C19H17FO5/c1-12(19(22)14-4-6-15(20)7-5-14)25-18(21)9-3-13-2-8-16-17(10-13)24-11-23-16/h2,4-8,10,12H,3,9,11H2,1H3. The third-order valence-corrected chi connectivity index (χ3v) is 3.86. The van der Waals surface area contributed by atoms with Crippen molar-refractivity contribution in [2.24, 2.45) is 0 Å². The minimum absolute atomic E-state index is 0.140. The number of benzene rings is 2. The number of carbonyl (C=O) groups excluding carboxylic acids is 2. The van der Waals surface area contributed by atoms with Crippen LogP contribution in [0.4, 0.5) is 4.39 Å². The van der Waals surface area contributed by atoms with Crippen LogP contribution in [0.15, 0.2) is 42.5 Å². The molecule has 6 heteroatoms.